The van der Waals surface area contributed by atoms with E-state index in [9.17, 15) is 19.5 Å². The molecular formula is C26H36N2O5. The number of rotatable bonds is 6. The molecule has 0 bridgehead atoms. The first-order chi connectivity index (χ1) is 15.9. The molecule has 7 heteroatoms. The van der Waals surface area contributed by atoms with Gasteiger partial charge in [-0.3, -0.25) is 14.4 Å². The zero-order valence-corrected chi connectivity index (χ0v) is 19.4. The maximum atomic E-state index is 13.2. The predicted molar refractivity (Wildman–Crippen MR) is 125 cm³/mol. The van der Waals surface area contributed by atoms with Gasteiger partial charge in [0, 0.05) is 12.5 Å². The Balaban J connectivity index is 1.77. The SMILES string of the molecule is CC(CO)NC(=O)CC1CC=CCC(Cc2ccccc2)C(=O)OCC2(CCCC2)NC1=O. The van der Waals surface area contributed by atoms with Crippen molar-refractivity contribution in [1.29, 1.82) is 0 Å². The summed E-state index contributed by atoms with van der Waals surface area (Å²) in [5, 5.41) is 15.1. The number of nitrogens with one attached hydrogen (secondary N) is 2. The molecule has 1 aromatic rings. The topological polar surface area (TPSA) is 105 Å². The van der Waals surface area contributed by atoms with Crippen molar-refractivity contribution in [2.45, 2.75) is 69.9 Å². The van der Waals surface area contributed by atoms with Gasteiger partial charge in [0.25, 0.3) is 0 Å². The van der Waals surface area contributed by atoms with Crippen LogP contribution in [0.2, 0.25) is 0 Å². The van der Waals surface area contributed by atoms with Gasteiger partial charge in [-0.05, 0) is 44.6 Å². The molecule has 0 saturated heterocycles. The summed E-state index contributed by atoms with van der Waals surface area (Å²) in [6.45, 7) is 1.72. The van der Waals surface area contributed by atoms with Crippen LogP contribution in [0.4, 0.5) is 0 Å². The zero-order valence-electron chi connectivity index (χ0n) is 19.4. The summed E-state index contributed by atoms with van der Waals surface area (Å²) < 4.78 is 5.77. The van der Waals surface area contributed by atoms with E-state index in [0.717, 1.165) is 31.2 Å². The molecule has 1 spiro atoms. The quantitative estimate of drug-likeness (QED) is 0.451. The molecule has 3 atom stereocenters. The van der Waals surface area contributed by atoms with Crippen LogP contribution in [0.15, 0.2) is 42.5 Å². The smallest absolute Gasteiger partial charge is 0.309 e. The van der Waals surface area contributed by atoms with Gasteiger partial charge in [0.2, 0.25) is 11.8 Å². The van der Waals surface area contributed by atoms with Gasteiger partial charge in [0.15, 0.2) is 0 Å². The lowest BCUT2D eigenvalue weighted by molar-refractivity contribution is -0.152. The molecule has 1 heterocycles. The van der Waals surface area contributed by atoms with Gasteiger partial charge >= 0.3 is 5.97 Å². The number of carbonyl (C=O) groups is 3. The first-order valence-electron chi connectivity index (χ1n) is 12.0. The number of carbonyl (C=O) groups excluding carboxylic acids is 3. The Morgan fingerprint density at radius 1 is 1.15 bits per heavy atom. The maximum absolute atomic E-state index is 13.2. The Morgan fingerprint density at radius 3 is 2.48 bits per heavy atom. The minimum atomic E-state index is -0.569. The van der Waals surface area contributed by atoms with Crippen LogP contribution < -0.4 is 10.6 Å². The molecule has 2 aliphatic rings. The molecule has 0 aromatic heterocycles. The van der Waals surface area contributed by atoms with Crippen LogP contribution in [-0.4, -0.2) is 47.7 Å². The third kappa shape index (κ3) is 7.42. The molecule has 3 unspecified atom stereocenters. The summed E-state index contributed by atoms with van der Waals surface area (Å²) in [7, 11) is 0. The molecule has 0 radical (unpaired) electrons. The molecule has 1 aromatic carbocycles. The number of hydrogen-bond donors (Lipinski definition) is 3. The van der Waals surface area contributed by atoms with Gasteiger partial charge in [0.05, 0.1) is 24.0 Å². The van der Waals surface area contributed by atoms with Gasteiger partial charge in [-0.25, -0.2) is 0 Å². The molecule has 2 amide bonds. The lowest BCUT2D eigenvalue weighted by Gasteiger charge is -2.32. The van der Waals surface area contributed by atoms with E-state index in [-0.39, 0.29) is 49.4 Å². The highest BCUT2D eigenvalue weighted by Crippen LogP contribution is 2.31. The van der Waals surface area contributed by atoms with E-state index in [1.807, 2.05) is 42.5 Å². The van der Waals surface area contributed by atoms with Crippen molar-refractivity contribution in [1.82, 2.24) is 10.6 Å². The summed E-state index contributed by atoms with van der Waals surface area (Å²) in [5.74, 6) is -1.51. The van der Waals surface area contributed by atoms with Crippen LogP contribution in [0.1, 0.15) is 57.4 Å². The normalized spacial score (nSPS) is 24.3. The van der Waals surface area contributed by atoms with Crippen molar-refractivity contribution < 1.29 is 24.2 Å². The molecule has 3 rings (SSSR count). The van der Waals surface area contributed by atoms with E-state index in [1.165, 1.54) is 0 Å². The minimum Gasteiger partial charge on any atom is -0.463 e. The first kappa shape index (κ1) is 25.0. The summed E-state index contributed by atoms with van der Waals surface area (Å²) in [6.07, 6.45) is 8.81. The van der Waals surface area contributed by atoms with Gasteiger partial charge < -0.3 is 20.5 Å². The van der Waals surface area contributed by atoms with Gasteiger partial charge in [-0.1, -0.05) is 55.3 Å². The number of ether oxygens (including phenoxy) is 1. The predicted octanol–water partition coefficient (Wildman–Crippen LogP) is 2.67. The number of aliphatic hydroxyl groups excluding tert-OH is 1. The Labute approximate surface area is 196 Å². The van der Waals surface area contributed by atoms with Crippen LogP contribution in [0.5, 0.6) is 0 Å². The number of hydrogen-bond acceptors (Lipinski definition) is 5. The monoisotopic (exact) mass is 456 g/mol. The van der Waals surface area contributed by atoms with E-state index >= 15 is 0 Å². The Morgan fingerprint density at radius 2 is 1.82 bits per heavy atom. The van der Waals surface area contributed by atoms with Crippen molar-refractivity contribution in [3.63, 3.8) is 0 Å². The third-order valence-electron chi connectivity index (χ3n) is 6.59. The van der Waals surface area contributed by atoms with Crippen LogP contribution in [-0.2, 0) is 25.5 Å². The van der Waals surface area contributed by atoms with Crippen LogP contribution >= 0.6 is 0 Å². The number of benzene rings is 1. The van der Waals surface area contributed by atoms with Crippen LogP contribution in [0.3, 0.4) is 0 Å². The number of esters is 1. The van der Waals surface area contributed by atoms with E-state index in [1.54, 1.807) is 6.92 Å². The number of cyclic esters (lactones) is 1. The Bertz CT molecular complexity index is 832. The fourth-order valence-electron chi connectivity index (χ4n) is 4.62. The standard InChI is InChI=1S/C26H36N2O5/c1-19(17-29)27-23(30)16-21-11-5-6-12-22(15-20-9-3-2-4-10-20)25(32)33-18-26(28-24(21)31)13-7-8-14-26/h2-6,9-10,19,21-22,29H,7-8,11-18H2,1H3,(H,27,30)(H,28,31). The average molecular weight is 457 g/mol. The molecular weight excluding hydrogens is 420 g/mol. The second-order valence-corrected chi connectivity index (χ2v) is 9.47. The zero-order chi connectivity index (χ0) is 23.7. The minimum absolute atomic E-state index is 0.0455. The van der Waals surface area contributed by atoms with Gasteiger partial charge in [0.1, 0.15) is 6.61 Å². The summed E-state index contributed by atoms with van der Waals surface area (Å²) in [6, 6.07) is 9.53. The molecule has 1 aliphatic carbocycles. The largest absolute Gasteiger partial charge is 0.463 e. The van der Waals surface area contributed by atoms with Gasteiger partial charge in [-0.2, -0.15) is 0 Å². The number of aliphatic hydroxyl groups is 1. The van der Waals surface area contributed by atoms with Crippen molar-refractivity contribution in [2.24, 2.45) is 11.8 Å². The maximum Gasteiger partial charge on any atom is 0.309 e. The first-order valence-corrected chi connectivity index (χ1v) is 12.0. The highest BCUT2D eigenvalue weighted by Gasteiger charge is 2.39. The lowest BCUT2D eigenvalue weighted by atomic mass is 9.92. The Kier molecular flexibility index (Phi) is 9.06. The number of allylic oxidation sites excluding steroid dienone is 2. The van der Waals surface area contributed by atoms with Crippen molar-refractivity contribution >= 4 is 17.8 Å². The van der Waals surface area contributed by atoms with Crippen LogP contribution in [0, 0.1) is 11.8 Å². The molecule has 33 heavy (non-hydrogen) atoms. The molecule has 1 aliphatic heterocycles. The summed E-state index contributed by atoms with van der Waals surface area (Å²) in [5.41, 5.74) is 0.511. The second kappa shape index (κ2) is 12.0. The lowest BCUT2D eigenvalue weighted by Crippen LogP contribution is -2.53. The van der Waals surface area contributed by atoms with Crippen molar-refractivity contribution in [3.8, 4) is 0 Å². The molecule has 7 nitrogen and oxygen atoms in total. The van der Waals surface area contributed by atoms with Crippen molar-refractivity contribution in [2.75, 3.05) is 13.2 Å². The molecule has 1 fully saturated rings. The molecule has 180 valence electrons. The van der Waals surface area contributed by atoms with Crippen molar-refractivity contribution in [3.05, 3.63) is 48.0 Å². The van der Waals surface area contributed by atoms with Gasteiger partial charge in [-0.15, -0.1) is 0 Å². The fraction of sp³-hybridized carbons (Fsp3) is 0.577. The number of amides is 2. The third-order valence-corrected chi connectivity index (χ3v) is 6.59. The molecule has 1 saturated carbocycles. The second-order valence-electron chi connectivity index (χ2n) is 9.47. The molecule has 3 N–H and O–H groups in total. The highest BCUT2D eigenvalue weighted by molar-refractivity contribution is 5.86. The highest BCUT2D eigenvalue weighted by atomic mass is 16.5. The van der Waals surface area contributed by atoms with E-state index < -0.39 is 11.5 Å². The van der Waals surface area contributed by atoms with E-state index in [2.05, 4.69) is 10.6 Å². The average Bonchev–Trinajstić information content (AvgIpc) is 3.27. The Hall–Kier alpha value is -2.67. The van der Waals surface area contributed by atoms with E-state index in [0.29, 0.717) is 19.3 Å². The fourth-order valence-corrected chi connectivity index (χ4v) is 4.62. The van der Waals surface area contributed by atoms with E-state index in [4.69, 9.17) is 4.74 Å². The van der Waals surface area contributed by atoms with Crippen LogP contribution in [0.25, 0.3) is 0 Å². The summed E-state index contributed by atoms with van der Waals surface area (Å²) in [4.78, 5) is 38.5. The summed E-state index contributed by atoms with van der Waals surface area (Å²) >= 11 is 0.